The highest BCUT2D eigenvalue weighted by atomic mass is 32.2. The Morgan fingerprint density at radius 2 is 2.11 bits per heavy atom. The van der Waals surface area contributed by atoms with Gasteiger partial charge in [-0.25, -0.2) is 0 Å². The number of aliphatic hydroxyl groups excluding tert-OH is 1. The summed E-state index contributed by atoms with van der Waals surface area (Å²) < 4.78 is 0. The van der Waals surface area contributed by atoms with Gasteiger partial charge < -0.3 is 10.4 Å². The first-order chi connectivity index (χ1) is 9.09. The van der Waals surface area contributed by atoms with Gasteiger partial charge in [0.1, 0.15) is 0 Å². The molecule has 1 aliphatic rings. The Labute approximate surface area is 124 Å². The molecule has 0 bridgehead atoms. The summed E-state index contributed by atoms with van der Waals surface area (Å²) in [5, 5.41) is 13.8. The van der Waals surface area contributed by atoms with Crippen molar-refractivity contribution in [3.05, 3.63) is 0 Å². The van der Waals surface area contributed by atoms with E-state index < -0.39 is 0 Å². The molecule has 0 amide bonds. The van der Waals surface area contributed by atoms with Crippen LogP contribution in [0.2, 0.25) is 0 Å². The highest BCUT2D eigenvalue weighted by molar-refractivity contribution is 7.99. The molecular weight excluding hydrogens is 254 g/mol. The summed E-state index contributed by atoms with van der Waals surface area (Å²) in [4.78, 5) is 0. The molecule has 0 spiro atoms. The molecule has 3 unspecified atom stereocenters. The average Bonchev–Trinajstić information content (AvgIpc) is 2.39. The van der Waals surface area contributed by atoms with Gasteiger partial charge in [0, 0.05) is 10.8 Å². The first-order valence-electron chi connectivity index (χ1n) is 8.07. The Hall–Kier alpha value is 0.270. The number of hydrogen-bond donors (Lipinski definition) is 2. The Kier molecular flexibility index (Phi) is 8.43. The summed E-state index contributed by atoms with van der Waals surface area (Å²) in [5.41, 5.74) is -0.0707. The molecule has 1 saturated carbocycles. The van der Waals surface area contributed by atoms with Crippen molar-refractivity contribution in [2.75, 3.05) is 18.9 Å². The van der Waals surface area contributed by atoms with Crippen LogP contribution in [0.5, 0.6) is 0 Å². The monoisotopic (exact) mass is 287 g/mol. The average molecular weight is 288 g/mol. The summed E-state index contributed by atoms with van der Waals surface area (Å²) in [6.45, 7) is 7.82. The first kappa shape index (κ1) is 17.3. The molecule has 0 saturated heterocycles. The van der Waals surface area contributed by atoms with Crippen LogP contribution in [0.3, 0.4) is 0 Å². The molecule has 0 aromatic carbocycles. The molecule has 0 aliphatic heterocycles. The van der Waals surface area contributed by atoms with Crippen molar-refractivity contribution in [2.45, 2.75) is 76.5 Å². The van der Waals surface area contributed by atoms with Crippen LogP contribution in [-0.2, 0) is 0 Å². The van der Waals surface area contributed by atoms with E-state index >= 15 is 0 Å². The van der Waals surface area contributed by atoms with Gasteiger partial charge in [0.05, 0.1) is 6.61 Å². The van der Waals surface area contributed by atoms with Crippen LogP contribution >= 0.6 is 11.8 Å². The van der Waals surface area contributed by atoms with Gasteiger partial charge in [-0.1, -0.05) is 33.1 Å². The summed E-state index contributed by atoms with van der Waals surface area (Å²) in [6, 6.07) is 0. The van der Waals surface area contributed by atoms with Crippen LogP contribution in [0, 0.1) is 5.92 Å². The zero-order chi connectivity index (χ0) is 14.1. The molecule has 0 aromatic rings. The quantitative estimate of drug-likeness (QED) is 0.632. The number of thioether (sulfide) groups is 1. The van der Waals surface area contributed by atoms with Crippen molar-refractivity contribution in [2.24, 2.45) is 5.92 Å². The predicted octanol–water partition coefficient (Wildman–Crippen LogP) is 3.83. The normalized spacial score (nSPS) is 27.2. The second-order valence-electron chi connectivity index (χ2n) is 6.47. The van der Waals surface area contributed by atoms with E-state index in [-0.39, 0.29) is 12.1 Å². The third-order valence-electron chi connectivity index (χ3n) is 4.32. The van der Waals surface area contributed by atoms with E-state index in [4.69, 9.17) is 0 Å². The topological polar surface area (TPSA) is 32.3 Å². The van der Waals surface area contributed by atoms with Gasteiger partial charge in [-0.15, -0.1) is 0 Å². The Balaban J connectivity index is 2.07. The molecule has 1 rings (SSSR count). The molecule has 3 heteroatoms. The van der Waals surface area contributed by atoms with E-state index in [0.29, 0.717) is 0 Å². The fourth-order valence-corrected chi connectivity index (χ4v) is 4.55. The van der Waals surface area contributed by atoms with Crippen molar-refractivity contribution in [3.63, 3.8) is 0 Å². The van der Waals surface area contributed by atoms with Crippen molar-refractivity contribution in [1.29, 1.82) is 0 Å². The standard InChI is InChI=1S/C16H33NOS/c1-4-17-16(3,13-18)10-5-6-11-19-15-9-7-8-14(2)12-15/h14-15,17-18H,4-13H2,1-3H3. The summed E-state index contributed by atoms with van der Waals surface area (Å²) in [5.74, 6) is 2.24. The smallest absolute Gasteiger partial charge is 0.0610 e. The largest absolute Gasteiger partial charge is 0.394 e. The van der Waals surface area contributed by atoms with Gasteiger partial charge in [-0.3, -0.25) is 0 Å². The van der Waals surface area contributed by atoms with E-state index in [9.17, 15) is 5.11 Å². The predicted molar refractivity (Wildman–Crippen MR) is 86.9 cm³/mol. The lowest BCUT2D eigenvalue weighted by atomic mass is 9.91. The van der Waals surface area contributed by atoms with Gasteiger partial charge >= 0.3 is 0 Å². The van der Waals surface area contributed by atoms with Crippen LogP contribution in [0.25, 0.3) is 0 Å². The minimum absolute atomic E-state index is 0.0707. The van der Waals surface area contributed by atoms with Crippen LogP contribution in [0.4, 0.5) is 0 Å². The number of aliphatic hydroxyl groups is 1. The van der Waals surface area contributed by atoms with Crippen LogP contribution in [0.15, 0.2) is 0 Å². The third-order valence-corrected chi connectivity index (χ3v) is 5.74. The molecule has 1 aliphatic carbocycles. The summed E-state index contributed by atoms with van der Waals surface area (Å²) in [7, 11) is 0. The van der Waals surface area contributed by atoms with Gasteiger partial charge in [0.2, 0.25) is 0 Å². The number of likely N-dealkylation sites (N-methyl/N-ethyl adjacent to an activating group) is 1. The van der Waals surface area contributed by atoms with E-state index in [0.717, 1.165) is 24.1 Å². The molecule has 1 fully saturated rings. The van der Waals surface area contributed by atoms with Crippen molar-refractivity contribution in [3.8, 4) is 0 Å². The van der Waals surface area contributed by atoms with Crippen LogP contribution < -0.4 is 5.32 Å². The molecule has 19 heavy (non-hydrogen) atoms. The Bertz CT molecular complexity index is 237. The summed E-state index contributed by atoms with van der Waals surface area (Å²) >= 11 is 2.19. The van der Waals surface area contributed by atoms with Crippen LogP contribution in [0.1, 0.15) is 65.7 Å². The van der Waals surface area contributed by atoms with Crippen LogP contribution in [-0.4, -0.2) is 34.8 Å². The molecule has 0 aromatic heterocycles. The zero-order valence-electron chi connectivity index (χ0n) is 13.1. The number of unbranched alkanes of at least 4 members (excludes halogenated alkanes) is 1. The van der Waals surface area contributed by atoms with E-state index in [1.54, 1.807) is 0 Å². The van der Waals surface area contributed by atoms with Gasteiger partial charge in [-0.05, 0) is 50.8 Å². The van der Waals surface area contributed by atoms with Gasteiger partial charge in [0.15, 0.2) is 0 Å². The van der Waals surface area contributed by atoms with Crippen molar-refractivity contribution < 1.29 is 5.11 Å². The van der Waals surface area contributed by atoms with Crippen molar-refractivity contribution >= 4 is 11.8 Å². The first-order valence-corrected chi connectivity index (χ1v) is 9.12. The number of rotatable bonds is 9. The molecule has 114 valence electrons. The molecular formula is C16H33NOS. The van der Waals surface area contributed by atoms with E-state index in [2.05, 4.69) is 37.8 Å². The molecule has 0 heterocycles. The maximum atomic E-state index is 9.44. The summed E-state index contributed by atoms with van der Waals surface area (Å²) in [6.07, 6.45) is 9.32. The molecule has 2 N–H and O–H groups in total. The Morgan fingerprint density at radius 3 is 2.74 bits per heavy atom. The maximum Gasteiger partial charge on any atom is 0.0610 e. The minimum Gasteiger partial charge on any atom is -0.394 e. The highest BCUT2D eigenvalue weighted by Gasteiger charge is 2.21. The molecule has 3 atom stereocenters. The second kappa shape index (κ2) is 9.25. The molecule has 0 radical (unpaired) electrons. The Morgan fingerprint density at radius 1 is 1.32 bits per heavy atom. The van der Waals surface area contributed by atoms with Gasteiger partial charge in [-0.2, -0.15) is 11.8 Å². The third kappa shape index (κ3) is 7.01. The van der Waals surface area contributed by atoms with E-state index in [1.165, 1.54) is 44.3 Å². The number of hydrogen-bond acceptors (Lipinski definition) is 3. The van der Waals surface area contributed by atoms with Crippen molar-refractivity contribution in [1.82, 2.24) is 5.32 Å². The lowest BCUT2D eigenvalue weighted by Crippen LogP contribution is -2.45. The lowest BCUT2D eigenvalue weighted by molar-refractivity contribution is 0.165. The van der Waals surface area contributed by atoms with Gasteiger partial charge in [0.25, 0.3) is 0 Å². The fraction of sp³-hybridized carbons (Fsp3) is 1.00. The maximum absolute atomic E-state index is 9.44. The molecule has 2 nitrogen and oxygen atoms in total. The fourth-order valence-electron chi connectivity index (χ4n) is 3.05. The minimum atomic E-state index is -0.0707. The SMILES string of the molecule is CCNC(C)(CO)CCCCSC1CCCC(C)C1. The highest BCUT2D eigenvalue weighted by Crippen LogP contribution is 2.32. The second-order valence-corrected chi connectivity index (χ2v) is 7.88. The lowest BCUT2D eigenvalue weighted by Gasteiger charge is -2.29. The zero-order valence-corrected chi connectivity index (χ0v) is 13.9. The van der Waals surface area contributed by atoms with E-state index in [1.807, 2.05) is 0 Å². The number of nitrogens with one attached hydrogen (secondary N) is 1.